The van der Waals surface area contributed by atoms with Crippen LogP contribution in [0.1, 0.15) is 28.1 Å². The van der Waals surface area contributed by atoms with Crippen LogP contribution in [0.25, 0.3) is 28.4 Å². The van der Waals surface area contributed by atoms with Crippen molar-refractivity contribution in [1.82, 2.24) is 24.9 Å². The van der Waals surface area contributed by atoms with Crippen LogP contribution in [-0.2, 0) is 4.74 Å². The Labute approximate surface area is 241 Å². The predicted molar refractivity (Wildman–Crippen MR) is 153 cm³/mol. The maximum atomic E-state index is 14.0. The Balaban J connectivity index is 1.15. The highest BCUT2D eigenvalue weighted by molar-refractivity contribution is 5.90. The maximum absolute atomic E-state index is 14.0. The number of esters is 1. The van der Waals surface area contributed by atoms with E-state index in [2.05, 4.69) is 20.2 Å². The third-order valence-electron chi connectivity index (χ3n) is 6.97. The van der Waals surface area contributed by atoms with Gasteiger partial charge in [0, 0.05) is 43.0 Å². The van der Waals surface area contributed by atoms with Crippen molar-refractivity contribution in [1.29, 1.82) is 0 Å². The number of anilines is 1. The number of hydrogen-bond acceptors (Lipinski definition) is 8. The number of benzene rings is 3. The Morgan fingerprint density at radius 1 is 0.857 bits per heavy atom. The fourth-order valence-electron chi connectivity index (χ4n) is 4.85. The first-order valence-electron chi connectivity index (χ1n) is 13.6. The molecule has 1 aliphatic rings. The van der Waals surface area contributed by atoms with Crippen LogP contribution in [0.15, 0.2) is 89.3 Å². The lowest BCUT2D eigenvalue weighted by Gasteiger charge is -2.35. The molecule has 3 heterocycles. The van der Waals surface area contributed by atoms with Gasteiger partial charge in [-0.25, -0.2) is 13.9 Å². The molecule has 2 aromatic heterocycles. The third-order valence-corrected chi connectivity index (χ3v) is 6.97. The molecule has 0 spiro atoms. The van der Waals surface area contributed by atoms with Crippen molar-refractivity contribution >= 4 is 17.6 Å². The molecule has 0 aliphatic carbocycles. The van der Waals surface area contributed by atoms with E-state index >= 15 is 0 Å². The smallest absolute Gasteiger partial charge is 0.358 e. The van der Waals surface area contributed by atoms with Crippen LogP contribution < -0.4 is 4.90 Å². The van der Waals surface area contributed by atoms with Gasteiger partial charge in [0.25, 0.3) is 0 Å². The Morgan fingerprint density at radius 2 is 1.62 bits per heavy atom. The molecule has 0 bridgehead atoms. The van der Waals surface area contributed by atoms with E-state index in [4.69, 9.17) is 9.15 Å². The van der Waals surface area contributed by atoms with Gasteiger partial charge in [0.1, 0.15) is 5.82 Å². The van der Waals surface area contributed by atoms with Crippen molar-refractivity contribution in [2.24, 2.45) is 0 Å². The summed E-state index contributed by atoms with van der Waals surface area (Å²) in [5, 5.41) is 12.4. The van der Waals surface area contributed by atoms with Crippen LogP contribution >= 0.6 is 0 Å². The average molecular weight is 567 g/mol. The molecule has 42 heavy (non-hydrogen) atoms. The molecule has 5 aromatic rings. The number of nitrogens with zero attached hydrogens (tertiary/aromatic N) is 6. The van der Waals surface area contributed by atoms with Crippen molar-refractivity contribution in [3.05, 3.63) is 102 Å². The summed E-state index contributed by atoms with van der Waals surface area (Å²) in [7, 11) is 0. The lowest BCUT2D eigenvalue weighted by Crippen LogP contribution is -2.48. The molecule has 0 N–H and O–H groups in total. The summed E-state index contributed by atoms with van der Waals surface area (Å²) in [5.41, 5.74) is 3.79. The monoisotopic (exact) mass is 566 g/mol. The van der Waals surface area contributed by atoms with Gasteiger partial charge in [0.05, 0.1) is 18.0 Å². The van der Waals surface area contributed by atoms with Crippen molar-refractivity contribution in [2.45, 2.75) is 6.92 Å². The van der Waals surface area contributed by atoms with Crippen LogP contribution in [-0.4, -0.2) is 69.5 Å². The molecular weight excluding hydrogens is 539 g/mol. The lowest BCUT2D eigenvalue weighted by atomic mass is 10.1. The van der Waals surface area contributed by atoms with Crippen LogP contribution in [0, 0.1) is 5.82 Å². The minimum Gasteiger partial charge on any atom is -0.461 e. The van der Waals surface area contributed by atoms with E-state index in [1.165, 1.54) is 16.8 Å². The molecule has 1 fully saturated rings. The van der Waals surface area contributed by atoms with E-state index in [0.717, 1.165) is 16.8 Å². The van der Waals surface area contributed by atoms with Gasteiger partial charge >= 0.3 is 17.8 Å². The zero-order valence-electron chi connectivity index (χ0n) is 22.8. The topological polar surface area (TPSA) is 107 Å². The van der Waals surface area contributed by atoms with Gasteiger partial charge in [0.2, 0.25) is 5.89 Å². The van der Waals surface area contributed by atoms with Crippen molar-refractivity contribution in [3.63, 3.8) is 0 Å². The minimum atomic E-state index is -0.547. The summed E-state index contributed by atoms with van der Waals surface area (Å²) >= 11 is 0. The van der Waals surface area contributed by atoms with Gasteiger partial charge in [-0.2, -0.15) is 5.10 Å². The zero-order valence-corrected chi connectivity index (χ0v) is 22.8. The minimum absolute atomic E-state index is 0.0243. The number of ether oxygens (including phenoxy) is 1. The van der Waals surface area contributed by atoms with Crippen LogP contribution in [0.5, 0.6) is 0 Å². The number of piperazine rings is 1. The van der Waals surface area contributed by atoms with Crippen molar-refractivity contribution < 1.29 is 23.1 Å². The zero-order chi connectivity index (χ0) is 29.1. The fourth-order valence-corrected chi connectivity index (χ4v) is 4.85. The average Bonchev–Trinajstić information content (AvgIpc) is 3.70. The molecule has 0 unspecified atom stereocenters. The molecule has 0 atom stereocenters. The van der Waals surface area contributed by atoms with Gasteiger partial charge in [-0.15, -0.1) is 10.2 Å². The van der Waals surface area contributed by atoms with E-state index < -0.39 is 11.8 Å². The molecule has 11 heteroatoms. The highest BCUT2D eigenvalue weighted by atomic mass is 19.1. The molecular formula is C31H27FN6O4. The predicted octanol–water partition coefficient (Wildman–Crippen LogP) is 4.87. The summed E-state index contributed by atoms with van der Waals surface area (Å²) in [5.74, 6) is -0.956. The van der Waals surface area contributed by atoms with Crippen molar-refractivity contribution in [2.75, 3.05) is 37.7 Å². The molecule has 0 radical (unpaired) electrons. The number of carbonyl (C=O) groups excluding carboxylic acids is 2. The number of aromatic nitrogens is 4. The van der Waals surface area contributed by atoms with Gasteiger partial charge in [0.15, 0.2) is 5.69 Å². The lowest BCUT2D eigenvalue weighted by molar-refractivity contribution is 0.0518. The normalized spacial score (nSPS) is 13.3. The highest BCUT2D eigenvalue weighted by Gasteiger charge is 2.27. The van der Waals surface area contributed by atoms with E-state index in [1.807, 2.05) is 54.6 Å². The molecule has 0 saturated carbocycles. The Hall–Kier alpha value is -5.32. The third kappa shape index (κ3) is 5.49. The molecule has 10 nitrogen and oxygen atoms in total. The van der Waals surface area contributed by atoms with Gasteiger partial charge in [-0.3, -0.25) is 4.79 Å². The first kappa shape index (κ1) is 26.9. The second-order valence-corrected chi connectivity index (χ2v) is 9.63. The molecule has 3 aromatic carbocycles. The fraction of sp³-hybridized carbons (Fsp3) is 0.194. The first-order chi connectivity index (χ1) is 20.5. The van der Waals surface area contributed by atoms with Crippen LogP contribution in [0.2, 0.25) is 0 Å². The summed E-state index contributed by atoms with van der Waals surface area (Å²) < 4.78 is 26.3. The van der Waals surface area contributed by atoms with E-state index in [0.29, 0.717) is 43.5 Å². The SMILES string of the molecule is CCOC(=O)c1cc(-c2ccc(N3CCN(C(=O)c4nnc(-c5ccccc5)o4)CC3)cc2)n(-c2cccc(F)c2)n1. The Morgan fingerprint density at radius 3 is 2.33 bits per heavy atom. The Bertz CT molecular complexity index is 1710. The standard InChI is InChI=1S/C31H27FN6O4/c1-2-41-31(40)26-20-27(38(35-26)25-10-6-9-23(32)19-25)21-11-13-24(14-12-21)36-15-17-37(18-16-36)30(39)29-34-33-28(42-29)22-7-4-3-5-8-22/h3-14,19-20H,2,15-18H2,1H3. The number of amides is 1. The summed E-state index contributed by atoms with van der Waals surface area (Å²) in [4.78, 5) is 29.3. The first-order valence-corrected chi connectivity index (χ1v) is 13.6. The number of rotatable bonds is 7. The molecule has 1 saturated heterocycles. The number of hydrogen-bond donors (Lipinski definition) is 0. The van der Waals surface area contributed by atoms with Crippen LogP contribution in [0.3, 0.4) is 0 Å². The number of halogens is 1. The quantitative estimate of drug-likeness (QED) is 0.257. The van der Waals surface area contributed by atoms with Crippen LogP contribution in [0.4, 0.5) is 10.1 Å². The van der Waals surface area contributed by atoms with E-state index in [9.17, 15) is 14.0 Å². The van der Waals surface area contributed by atoms with Crippen molar-refractivity contribution in [3.8, 4) is 28.4 Å². The molecule has 6 rings (SSSR count). The molecule has 1 amide bonds. The summed E-state index contributed by atoms with van der Waals surface area (Å²) in [6.45, 7) is 4.19. The summed E-state index contributed by atoms with van der Waals surface area (Å²) in [6, 6.07) is 24.8. The highest BCUT2D eigenvalue weighted by Crippen LogP contribution is 2.28. The van der Waals surface area contributed by atoms with Gasteiger partial charge in [-0.05, 0) is 55.5 Å². The van der Waals surface area contributed by atoms with Gasteiger partial charge < -0.3 is 19.0 Å². The van der Waals surface area contributed by atoms with E-state index in [-0.39, 0.29) is 24.1 Å². The molecule has 212 valence electrons. The number of carbonyl (C=O) groups is 2. The maximum Gasteiger partial charge on any atom is 0.358 e. The second-order valence-electron chi connectivity index (χ2n) is 9.63. The van der Waals surface area contributed by atoms with Gasteiger partial charge in [-0.1, -0.05) is 36.4 Å². The Kier molecular flexibility index (Phi) is 7.46. The van der Waals surface area contributed by atoms with E-state index in [1.54, 1.807) is 30.0 Å². The summed E-state index contributed by atoms with van der Waals surface area (Å²) in [6.07, 6.45) is 0. The second kappa shape index (κ2) is 11.7. The molecule has 1 aliphatic heterocycles. The largest absolute Gasteiger partial charge is 0.461 e.